The summed E-state index contributed by atoms with van der Waals surface area (Å²) in [7, 11) is -2.86. The molecule has 0 aromatic heterocycles. The van der Waals surface area contributed by atoms with Crippen LogP contribution in [0.5, 0.6) is 0 Å². The lowest BCUT2D eigenvalue weighted by atomic mass is 9.93. The van der Waals surface area contributed by atoms with Crippen molar-refractivity contribution in [2.75, 3.05) is 24.6 Å². The fraction of sp³-hybridized carbons (Fsp3) is 0.600. The van der Waals surface area contributed by atoms with Crippen molar-refractivity contribution in [2.45, 2.75) is 32.4 Å². The minimum absolute atomic E-state index is 0.0249. The SMILES string of the molecule is CCC(N)C(c1ccccc1C)N1CCS(=O)(=O)CC1. The number of hydrogen-bond acceptors (Lipinski definition) is 4. The van der Waals surface area contributed by atoms with E-state index in [4.69, 9.17) is 5.73 Å². The minimum Gasteiger partial charge on any atom is -0.326 e. The third-order valence-corrected chi connectivity index (χ3v) is 5.77. The standard InChI is InChI=1S/C15H24N2O2S/c1-3-14(16)15(13-7-5-4-6-12(13)2)17-8-10-20(18,19)11-9-17/h4-7,14-15H,3,8-11,16H2,1-2H3. The normalized spacial score (nSPS) is 22.4. The predicted molar refractivity (Wildman–Crippen MR) is 82.4 cm³/mol. The maximum Gasteiger partial charge on any atom is 0.152 e. The van der Waals surface area contributed by atoms with Gasteiger partial charge in [0.15, 0.2) is 9.84 Å². The van der Waals surface area contributed by atoms with Crippen LogP contribution < -0.4 is 5.73 Å². The van der Waals surface area contributed by atoms with Crippen molar-refractivity contribution >= 4 is 9.84 Å². The average molecular weight is 296 g/mol. The Bertz CT molecular complexity index is 543. The Morgan fingerprint density at radius 3 is 2.40 bits per heavy atom. The van der Waals surface area contributed by atoms with Gasteiger partial charge in [-0.3, -0.25) is 4.90 Å². The van der Waals surface area contributed by atoms with E-state index in [1.54, 1.807) is 0 Å². The Hall–Kier alpha value is -0.910. The quantitative estimate of drug-likeness (QED) is 0.914. The van der Waals surface area contributed by atoms with Gasteiger partial charge in [0.25, 0.3) is 0 Å². The van der Waals surface area contributed by atoms with Gasteiger partial charge < -0.3 is 5.73 Å². The predicted octanol–water partition coefficient (Wildman–Crippen LogP) is 1.50. The molecular formula is C15H24N2O2S. The van der Waals surface area contributed by atoms with Crippen LogP contribution in [0.25, 0.3) is 0 Å². The fourth-order valence-corrected chi connectivity index (χ4v) is 4.07. The number of nitrogens with two attached hydrogens (primary N) is 1. The Morgan fingerprint density at radius 2 is 1.85 bits per heavy atom. The first kappa shape index (κ1) is 15.5. The summed E-state index contributed by atoms with van der Waals surface area (Å²) in [6, 6.07) is 8.38. The van der Waals surface area contributed by atoms with Crippen LogP contribution in [0.3, 0.4) is 0 Å². The second kappa shape index (κ2) is 6.24. The van der Waals surface area contributed by atoms with Crippen LogP contribution in [0, 0.1) is 6.92 Å². The van der Waals surface area contributed by atoms with Gasteiger partial charge in [-0.1, -0.05) is 31.2 Å². The highest BCUT2D eigenvalue weighted by atomic mass is 32.2. The smallest absolute Gasteiger partial charge is 0.152 e. The fourth-order valence-electron chi connectivity index (χ4n) is 2.84. The van der Waals surface area contributed by atoms with Crippen molar-refractivity contribution in [3.8, 4) is 0 Å². The summed E-state index contributed by atoms with van der Waals surface area (Å²) in [4.78, 5) is 2.23. The van der Waals surface area contributed by atoms with E-state index < -0.39 is 9.84 Å². The maximum atomic E-state index is 11.6. The Kier molecular flexibility index (Phi) is 4.83. The molecule has 0 amide bonds. The van der Waals surface area contributed by atoms with E-state index in [0.717, 1.165) is 6.42 Å². The molecule has 0 aliphatic carbocycles. The molecule has 20 heavy (non-hydrogen) atoms. The summed E-state index contributed by atoms with van der Waals surface area (Å²) in [5.41, 5.74) is 8.77. The first-order chi connectivity index (χ1) is 9.44. The summed E-state index contributed by atoms with van der Waals surface area (Å²) < 4.78 is 23.2. The lowest BCUT2D eigenvalue weighted by Crippen LogP contribution is -2.48. The molecule has 0 bridgehead atoms. The third kappa shape index (κ3) is 3.40. The lowest BCUT2D eigenvalue weighted by molar-refractivity contribution is 0.182. The highest BCUT2D eigenvalue weighted by Crippen LogP contribution is 2.28. The number of sulfone groups is 1. The van der Waals surface area contributed by atoms with Crippen molar-refractivity contribution in [1.82, 2.24) is 4.90 Å². The van der Waals surface area contributed by atoms with Gasteiger partial charge in [-0.05, 0) is 24.5 Å². The number of benzene rings is 1. The van der Waals surface area contributed by atoms with Crippen molar-refractivity contribution < 1.29 is 8.42 Å². The molecule has 0 saturated carbocycles. The number of hydrogen-bond donors (Lipinski definition) is 1. The molecule has 1 saturated heterocycles. The van der Waals surface area contributed by atoms with Gasteiger partial charge in [-0.25, -0.2) is 8.42 Å². The highest BCUT2D eigenvalue weighted by Gasteiger charge is 2.31. The molecule has 5 heteroatoms. The Balaban J connectivity index is 2.28. The summed E-state index contributed by atoms with van der Waals surface area (Å²) >= 11 is 0. The molecule has 1 aliphatic heterocycles. The topological polar surface area (TPSA) is 63.4 Å². The van der Waals surface area contributed by atoms with E-state index in [1.165, 1.54) is 11.1 Å². The molecule has 0 radical (unpaired) electrons. The number of aryl methyl sites for hydroxylation is 1. The van der Waals surface area contributed by atoms with Crippen molar-refractivity contribution in [3.05, 3.63) is 35.4 Å². The minimum atomic E-state index is -2.86. The van der Waals surface area contributed by atoms with Crippen LogP contribution in [0.1, 0.15) is 30.5 Å². The summed E-state index contributed by atoms with van der Waals surface area (Å²) in [5, 5.41) is 0. The molecular weight excluding hydrogens is 272 g/mol. The average Bonchev–Trinajstić information content (AvgIpc) is 2.42. The van der Waals surface area contributed by atoms with E-state index in [2.05, 4.69) is 30.9 Å². The maximum absolute atomic E-state index is 11.6. The van der Waals surface area contributed by atoms with Crippen LogP contribution >= 0.6 is 0 Å². The summed E-state index contributed by atoms with van der Waals surface area (Å²) in [5.74, 6) is 0.484. The van der Waals surface area contributed by atoms with Gasteiger partial charge in [0.2, 0.25) is 0 Å². The Morgan fingerprint density at radius 1 is 1.25 bits per heavy atom. The van der Waals surface area contributed by atoms with E-state index in [1.807, 2.05) is 12.1 Å². The molecule has 1 aliphatic rings. The van der Waals surface area contributed by atoms with Crippen LogP contribution in [0.4, 0.5) is 0 Å². The van der Waals surface area contributed by atoms with Gasteiger partial charge in [0, 0.05) is 19.1 Å². The van der Waals surface area contributed by atoms with Gasteiger partial charge in [0.1, 0.15) is 0 Å². The third-order valence-electron chi connectivity index (χ3n) is 4.16. The molecule has 2 unspecified atom stereocenters. The molecule has 4 nitrogen and oxygen atoms in total. The monoisotopic (exact) mass is 296 g/mol. The highest BCUT2D eigenvalue weighted by molar-refractivity contribution is 7.91. The molecule has 1 aromatic carbocycles. The van der Waals surface area contributed by atoms with E-state index in [0.29, 0.717) is 13.1 Å². The van der Waals surface area contributed by atoms with Crippen LogP contribution in [-0.4, -0.2) is 44.0 Å². The number of nitrogens with zero attached hydrogens (tertiary/aromatic N) is 1. The zero-order valence-corrected chi connectivity index (χ0v) is 13.1. The number of rotatable bonds is 4. The molecule has 112 valence electrons. The summed E-state index contributed by atoms with van der Waals surface area (Å²) in [6.07, 6.45) is 0.877. The molecule has 2 rings (SSSR count). The first-order valence-corrected chi connectivity index (χ1v) is 9.02. The van der Waals surface area contributed by atoms with Crippen molar-refractivity contribution in [2.24, 2.45) is 5.73 Å². The van der Waals surface area contributed by atoms with Crippen LogP contribution in [0.2, 0.25) is 0 Å². The van der Waals surface area contributed by atoms with E-state index >= 15 is 0 Å². The van der Waals surface area contributed by atoms with Crippen molar-refractivity contribution in [1.29, 1.82) is 0 Å². The molecule has 1 heterocycles. The van der Waals surface area contributed by atoms with Crippen molar-refractivity contribution in [3.63, 3.8) is 0 Å². The zero-order chi connectivity index (χ0) is 14.8. The second-order valence-electron chi connectivity index (χ2n) is 5.56. The zero-order valence-electron chi connectivity index (χ0n) is 12.2. The van der Waals surface area contributed by atoms with E-state index in [9.17, 15) is 8.42 Å². The molecule has 2 atom stereocenters. The largest absolute Gasteiger partial charge is 0.326 e. The second-order valence-corrected chi connectivity index (χ2v) is 7.86. The van der Waals surface area contributed by atoms with Gasteiger partial charge in [-0.15, -0.1) is 0 Å². The molecule has 0 spiro atoms. The van der Waals surface area contributed by atoms with Gasteiger partial charge >= 0.3 is 0 Å². The lowest BCUT2D eigenvalue weighted by Gasteiger charge is -2.38. The molecule has 1 fully saturated rings. The Labute approximate surface area is 121 Å². The van der Waals surface area contributed by atoms with Crippen LogP contribution in [-0.2, 0) is 9.84 Å². The van der Waals surface area contributed by atoms with E-state index in [-0.39, 0.29) is 23.6 Å². The summed E-state index contributed by atoms with van der Waals surface area (Å²) in [6.45, 7) is 5.33. The van der Waals surface area contributed by atoms with Gasteiger partial charge in [-0.2, -0.15) is 0 Å². The molecule has 1 aromatic rings. The van der Waals surface area contributed by atoms with Crippen LogP contribution in [0.15, 0.2) is 24.3 Å². The first-order valence-electron chi connectivity index (χ1n) is 7.20. The molecule has 2 N–H and O–H groups in total. The van der Waals surface area contributed by atoms with Gasteiger partial charge in [0.05, 0.1) is 17.5 Å².